The first-order chi connectivity index (χ1) is 9.83. The maximum atomic E-state index is 13.7. The lowest BCUT2D eigenvalue weighted by Crippen LogP contribution is -2.14. The van der Waals surface area contributed by atoms with Gasteiger partial charge in [-0.15, -0.1) is 0 Å². The Morgan fingerprint density at radius 2 is 1.90 bits per heavy atom. The molecule has 2 aromatic carbocycles. The van der Waals surface area contributed by atoms with Crippen LogP contribution >= 0.6 is 0 Å². The van der Waals surface area contributed by atoms with Crippen molar-refractivity contribution in [3.8, 4) is 0 Å². The van der Waals surface area contributed by atoms with Gasteiger partial charge in [0.25, 0.3) is 10.0 Å². The highest BCUT2D eigenvalue weighted by molar-refractivity contribution is 7.92. The van der Waals surface area contributed by atoms with Crippen molar-refractivity contribution in [2.24, 2.45) is 0 Å². The van der Waals surface area contributed by atoms with Gasteiger partial charge in [0.15, 0.2) is 0 Å². The maximum Gasteiger partial charge on any atom is 0.262 e. The van der Waals surface area contributed by atoms with Gasteiger partial charge < -0.3 is 5.73 Å². The summed E-state index contributed by atoms with van der Waals surface area (Å²) in [6.07, 6.45) is 0.714. The summed E-state index contributed by atoms with van der Waals surface area (Å²) in [6.45, 7) is 3.69. The molecule has 0 spiro atoms. The van der Waals surface area contributed by atoms with Crippen LogP contribution in [0.4, 0.5) is 15.8 Å². The van der Waals surface area contributed by atoms with Crippen LogP contribution in [0.25, 0.3) is 0 Å². The molecule has 0 unspecified atom stereocenters. The minimum absolute atomic E-state index is 0.0121. The van der Waals surface area contributed by atoms with Crippen LogP contribution < -0.4 is 10.5 Å². The SMILES string of the molecule is CCc1ccc(S(=O)(=O)Nc2cc(C)ccc2F)cc1N. The van der Waals surface area contributed by atoms with Crippen molar-refractivity contribution < 1.29 is 12.8 Å². The number of hydrogen-bond acceptors (Lipinski definition) is 3. The normalized spacial score (nSPS) is 11.4. The number of benzene rings is 2. The van der Waals surface area contributed by atoms with Gasteiger partial charge in [0, 0.05) is 5.69 Å². The van der Waals surface area contributed by atoms with Crippen molar-refractivity contribution in [1.29, 1.82) is 0 Å². The number of halogens is 1. The summed E-state index contributed by atoms with van der Waals surface area (Å²) in [5.41, 5.74) is 7.77. The lowest BCUT2D eigenvalue weighted by Gasteiger charge is -2.11. The van der Waals surface area contributed by atoms with Gasteiger partial charge in [0.1, 0.15) is 5.82 Å². The fourth-order valence-corrected chi connectivity index (χ4v) is 3.08. The second kappa shape index (κ2) is 5.73. The Labute approximate surface area is 123 Å². The molecule has 0 aliphatic carbocycles. The monoisotopic (exact) mass is 308 g/mol. The fraction of sp³-hybridized carbons (Fsp3) is 0.200. The summed E-state index contributed by atoms with van der Waals surface area (Å²) in [7, 11) is -3.87. The van der Waals surface area contributed by atoms with Gasteiger partial charge in [-0.3, -0.25) is 4.72 Å². The molecular formula is C15H17FN2O2S. The summed E-state index contributed by atoms with van der Waals surface area (Å²) < 4.78 is 40.5. The van der Waals surface area contributed by atoms with E-state index in [1.807, 2.05) is 6.92 Å². The van der Waals surface area contributed by atoms with Crippen molar-refractivity contribution in [3.63, 3.8) is 0 Å². The highest BCUT2D eigenvalue weighted by atomic mass is 32.2. The predicted molar refractivity (Wildman–Crippen MR) is 82.2 cm³/mol. The quantitative estimate of drug-likeness (QED) is 0.853. The Bertz CT molecular complexity index is 773. The number of sulfonamides is 1. The second-order valence-corrected chi connectivity index (χ2v) is 6.49. The molecule has 0 aromatic heterocycles. The van der Waals surface area contributed by atoms with E-state index in [-0.39, 0.29) is 10.6 Å². The van der Waals surface area contributed by atoms with Gasteiger partial charge in [-0.25, -0.2) is 12.8 Å². The molecule has 112 valence electrons. The summed E-state index contributed by atoms with van der Waals surface area (Å²) >= 11 is 0. The molecule has 21 heavy (non-hydrogen) atoms. The molecule has 0 fully saturated rings. The van der Waals surface area contributed by atoms with E-state index in [9.17, 15) is 12.8 Å². The van der Waals surface area contributed by atoms with Gasteiger partial charge in [0.05, 0.1) is 10.6 Å². The highest BCUT2D eigenvalue weighted by Gasteiger charge is 2.17. The molecule has 2 aromatic rings. The molecule has 3 N–H and O–H groups in total. The van der Waals surface area contributed by atoms with Crippen molar-refractivity contribution in [1.82, 2.24) is 0 Å². The zero-order chi connectivity index (χ0) is 15.6. The van der Waals surface area contributed by atoms with Crippen LogP contribution in [0.3, 0.4) is 0 Å². The molecule has 0 aliphatic heterocycles. The number of aryl methyl sites for hydroxylation is 2. The maximum absolute atomic E-state index is 13.7. The summed E-state index contributed by atoms with van der Waals surface area (Å²) in [4.78, 5) is 0.0121. The van der Waals surface area contributed by atoms with Crippen LogP contribution in [0.15, 0.2) is 41.3 Å². The largest absolute Gasteiger partial charge is 0.398 e. The molecule has 0 saturated carbocycles. The molecule has 0 saturated heterocycles. The number of nitrogen functional groups attached to an aromatic ring is 1. The number of rotatable bonds is 4. The molecule has 0 amide bonds. The molecule has 0 atom stereocenters. The van der Waals surface area contributed by atoms with Crippen LogP contribution in [-0.2, 0) is 16.4 Å². The first kappa shape index (κ1) is 15.3. The fourth-order valence-electron chi connectivity index (χ4n) is 1.98. The van der Waals surface area contributed by atoms with E-state index in [0.717, 1.165) is 11.1 Å². The molecule has 0 heterocycles. The Hall–Kier alpha value is -2.08. The van der Waals surface area contributed by atoms with Crippen molar-refractivity contribution in [2.75, 3.05) is 10.5 Å². The summed E-state index contributed by atoms with van der Waals surface area (Å²) in [5.74, 6) is -0.623. The Morgan fingerprint density at radius 1 is 1.19 bits per heavy atom. The lowest BCUT2D eigenvalue weighted by molar-refractivity contribution is 0.598. The molecule has 6 heteroatoms. The third-order valence-corrected chi connectivity index (χ3v) is 4.54. The smallest absolute Gasteiger partial charge is 0.262 e. The van der Waals surface area contributed by atoms with Crippen LogP contribution in [-0.4, -0.2) is 8.42 Å². The highest BCUT2D eigenvalue weighted by Crippen LogP contribution is 2.23. The minimum atomic E-state index is -3.87. The third kappa shape index (κ3) is 3.33. The Kier molecular flexibility index (Phi) is 4.18. The van der Waals surface area contributed by atoms with Crippen LogP contribution in [0.2, 0.25) is 0 Å². The molecule has 2 rings (SSSR count). The molecule has 0 bridgehead atoms. The Balaban J connectivity index is 2.38. The first-order valence-electron chi connectivity index (χ1n) is 6.51. The van der Waals surface area contributed by atoms with E-state index in [1.54, 1.807) is 19.1 Å². The van der Waals surface area contributed by atoms with Crippen molar-refractivity contribution >= 4 is 21.4 Å². The molecular weight excluding hydrogens is 291 g/mol. The number of nitrogens with two attached hydrogens (primary N) is 1. The number of hydrogen-bond donors (Lipinski definition) is 2. The molecule has 0 radical (unpaired) electrons. The van der Waals surface area contributed by atoms with E-state index in [4.69, 9.17) is 5.73 Å². The van der Waals surface area contributed by atoms with Gasteiger partial charge in [-0.2, -0.15) is 0 Å². The van der Waals surface area contributed by atoms with Gasteiger partial charge in [0.2, 0.25) is 0 Å². The lowest BCUT2D eigenvalue weighted by atomic mass is 10.1. The minimum Gasteiger partial charge on any atom is -0.398 e. The van der Waals surface area contributed by atoms with Gasteiger partial charge >= 0.3 is 0 Å². The van der Waals surface area contributed by atoms with Crippen LogP contribution in [0.1, 0.15) is 18.1 Å². The predicted octanol–water partition coefficient (Wildman–Crippen LogP) is 3.08. The zero-order valence-electron chi connectivity index (χ0n) is 11.9. The molecule has 4 nitrogen and oxygen atoms in total. The van der Waals surface area contributed by atoms with Crippen LogP contribution in [0.5, 0.6) is 0 Å². The van der Waals surface area contributed by atoms with Crippen molar-refractivity contribution in [3.05, 3.63) is 53.3 Å². The number of anilines is 2. The van der Waals surface area contributed by atoms with E-state index >= 15 is 0 Å². The van der Waals surface area contributed by atoms with Gasteiger partial charge in [-0.05, 0) is 48.7 Å². The zero-order valence-corrected chi connectivity index (χ0v) is 12.7. The average molecular weight is 308 g/mol. The van der Waals surface area contributed by atoms with Crippen molar-refractivity contribution in [2.45, 2.75) is 25.2 Å². The van der Waals surface area contributed by atoms with Crippen LogP contribution in [0, 0.1) is 12.7 Å². The topological polar surface area (TPSA) is 72.2 Å². The second-order valence-electron chi connectivity index (χ2n) is 4.80. The molecule has 0 aliphatic rings. The standard InChI is InChI=1S/C15H17FN2O2S/c1-3-11-5-6-12(9-14(11)17)21(19,20)18-15-8-10(2)4-7-13(15)16/h4-9,18H,3,17H2,1-2H3. The summed E-state index contributed by atoms with van der Waals surface area (Å²) in [5, 5.41) is 0. The van der Waals surface area contributed by atoms with E-state index in [1.165, 1.54) is 24.3 Å². The third-order valence-electron chi connectivity index (χ3n) is 3.17. The van der Waals surface area contributed by atoms with E-state index in [2.05, 4.69) is 4.72 Å². The Morgan fingerprint density at radius 3 is 2.52 bits per heavy atom. The van der Waals surface area contributed by atoms with E-state index in [0.29, 0.717) is 12.1 Å². The first-order valence-corrected chi connectivity index (χ1v) is 7.99. The van der Waals surface area contributed by atoms with E-state index < -0.39 is 15.8 Å². The summed E-state index contributed by atoms with van der Waals surface area (Å²) in [6, 6.07) is 8.75. The number of nitrogens with one attached hydrogen (secondary N) is 1. The average Bonchev–Trinajstić information content (AvgIpc) is 2.42. The van der Waals surface area contributed by atoms with Gasteiger partial charge in [-0.1, -0.05) is 19.1 Å².